The molecule has 0 aromatic carbocycles. The van der Waals surface area contributed by atoms with Crippen LogP contribution in [0.25, 0.3) is 0 Å². The van der Waals surface area contributed by atoms with Gasteiger partial charge in [0.05, 0.1) is 0 Å². The minimum Gasteiger partial charge on any atom is -0.300 e. The van der Waals surface area contributed by atoms with Crippen LogP contribution in [0.3, 0.4) is 0 Å². The van der Waals surface area contributed by atoms with Crippen LogP contribution in [0.15, 0.2) is 0 Å². The lowest BCUT2D eigenvalue weighted by Gasteiger charge is -2.37. The van der Waals surface area contributed by atoms with Crippen molar-refractivity contribution >= 4 is 0 Å². The third-order valence-electron chi connectivity index (χ3n) is 3.04. The smallest absolute Gasteiger partial charge is 0.0136 e. The van der Waals surface area contributed by atoms with Crippen molar-refractivity contribution in [2.24, 2.45) is 5.92 Å². The molecule has 0 aromatic rings. The average molecular weight is 125 g/mol. The Morgan fingerprint density at radius 2 is 2.11 bits per heavy atom. The van der Waals surface area contributed by atoms with E-state index in [4.69, 9.17) is 0 Å². The molecule has 0 aliphatic carbocycles. The van der Waals surface area contributed by atoms with Crippen molar-refractivity contribution in [1.82, 2.24) is 4.90 Å². The Morgan fingerprint density at radius 3 is 2.44 bits per heavy atom. The number of rotatable bonds is 1. The van der Waals surface area contributed by atoms with Crippen LogP contribution in [0.5, 0.6) is 0 Å². The highest BCUT2D eigenvalue weighted by atomic mass is 15.2. The van der Waals surface area contributed by atoms with Gasteiger partial charge in [-0.2, -0.15) is 0 Å². The monoisotopic (exact) mass is 125 g/mol. The normalized spacial score (nSPS) is 42.3. The first-order chi connectivity index (χ1) is 4.42. The minimum atomic E-state index is 1.01. The van der Waals surface area contributed by atoms with Gasteiger partial charge in [-0.1, -0.05) is 13.3 Å². The highest BCUT2D eigenvalue weighted by Crippen LogP contribution is 2.35. The van der Waals surface area contributed by atoms with Crippen LogP contribution in [0, 0.1) is 5.92 Å². The largest absolute Gasteiger partial charge is 0.300 e. The summed E-state index contributed by atoms with van der Waals surface area (Å²) in [5.74, 6) is 1.05. The van der Waals surface area contributed by atoms with Crippen LogP contribution in [-0.2, 0) is 0 Å². The molecule has 2 atom stereocenters. The average Bonchev–Trinajstić information content (AvgIpc) is 2.07. The quantitative estimate of drug-likeness (QED) is 0.513. The van der Waals surface area contributed by atoms with Gasteiger partial charge < -0.3 is 0 Å². The number of hydrogen-bond donors (Lipinski definition) is 0. The molecule has 2 fully saturated rings. The van der Waals surface area contributed by atoms with E-state index < -0.39 is 0 Å². The molecule has 2 rings (SSSR count). The molecule has 52 valence electrons. The van der Waals surface area contributed by atoms with Crippen LogP contribution in [0.2, 0.25) is 0 Å². The molecule has 1 heteroatoms. The predicted octanol–water partition coefficient (Wildman–Crippen LogP) is 1.49. The van der Waals surface area contributed by atoms with Gasteiger partial charge in [-0.25, -0.2) is 0 Å². The molecule has 9 heavy (non-hydrogen) atoms. The van der Waals surface area contributed by atoms with Crippen molar-refractivity contribution in [2.45, 2.75) is 32.2 Å². The maximum atomic E-state index is 2.63. The Hall–Kier alpha value is -0.0400. The molecule has 0 bridgehead atoms. The lowest BCUT2D eigenvalue weighted by atomic mass is 9.91. The van der Waals surface area contributed by atoms with E-state index in [1.54, 1.807) is 0 Å². The Labute approximate surface area is 57.0 Å². The van der Waals surface area contributed by atoms with E-state index in [-0.39, 0.29) is 0 Å². The maximum Gasteiger partial charge on any atom is 0.0136 e. The van der Waals surface area contributed by atoms with Gasteiger partial charge in [0.1, 0.15) is 0 Å². The summed E-state index contributed by atoms with van der Waals surface area (Å²) in [6.07, 6.45) is 4.36. The van der Waals surface area contributed by atoms with Gasteiger partial charge in [-0.3, -0.25) is 4.90 Å². The Morgan fingerprint density at radius 1 is 1.33 bits per heavy atom. The summed E-state index contributed by atoms with van der Waals surface area (Å²) in [4.78, 5) is 2.63. The lowest BCUT2D eigenvalue weighted by Crippen LogP contribution is -2.45. The number of hydrogen-bond acceptors (Lipinski definition) is 1. The van der Waals surface area contributed by atoms with E-state index in [9.17, 15) is 0 Å². The van der Waals surface area contributed by atoms with E-state index in [1.807, 2.05) is 0 Å². The second kappa shape index (κ2) is 1.98. The van der Waals surface area contributed by atoms with E-state index in [0.717, 1.165) is 12.0 Å². The first-order valence-electron chi connectivity index (χ1n) is 4.16. The van der Waals surface area contributed by atoms with Gasteiger partial charge in [0.25, 0.3) is 0 Å². The van der Waals surface area contributed by atoms with Crippen LogP contribution in [0.1, 0.15) is 26.2 Å². The molecule has 0 saturated carbocycles. The second-order valence-corrected chi connectivity index (χ2v) is 3.35. The topological polar surface area (TPSA) is 3.24 Å². The zero-order valence-electron chi connectivity index (χ0n) is 6.14. The summed E-state index contributed by atoms with van der Waals surface area (Å²) in [6, 6.07) is 1.01. The Bertz CT molecular complexity index is 109. The molecule has 2 saturated heterocycles. The minimum absolute atomic E-state index is 1.01. The predicted molar refractivity (Wildman–Crippen MR) is 38.4 cm³/mol. The first-order valence-corrected chi connectivity index (χ1v) is 4.16. The molecule has 2 aliphatic heterocycles. The Balaban J connectivity index is 1.97. The van der Waals surface area contributed by atoms with Crippen LogP contribution in [0.4, 0.5) is 0 Å². The fourth-order valence-electron chi connectivity index (χ4n) is 2.27. The molecule has 1 unspecified atom stereocenters. The Kier molecular flexibility index (Phi) is 1.26. The van der Waals surface area contributed by atoms with Gasteiger partial charge >= 0.3 is 0 Å². The van der Waals surface area contributed by atoms with Crippen molar-refractivity contribution in [1.29, 1.82) is 0 Å². The lowest BCUT2D eigenvalue weighted by molar-refractivity contribution is 0.113. The summed E-state index contributed by atoms with van der Waals surface area (Å²) in [5.41, 5.74) is 0. The summed E-state index contributed by atoms with van der Waals surface area (Å²) in [6.45, 7) is 5.11. The summed E-state index contributed by atoms with van der Waals surface area (Å²) >= 11 is 0. The molecule has 0 aromatic heterocycles. The maximum absolute atomic E-state index is 2.63. The van der Waals surface area contributed by atoms with Crippen molar-refractivity contribution in [2.75, 3.05) is 13.1 Å². The fraction of sp³-hybridized carbons (Fsp3) is 1.00. The van der Waals surface area contributed by atoms with Crippen molar-refractivity contribution in [3.63, 3.8) is 0 Å². The van der Waals surface area contributed by atoms with Gasteiger partial charge in [0.2, 0.25) is 0 Å². The summed E-state index contributed by atoms with van der Waals surface area (Å²) in [7, 11) is 0. The van der Waals surface area contributed by atoms with Crippen molar-refractivity contribution in [3.8, 4) is 0 Å². The summed E-state index contributed by atoms with van der Waals surface area (Å²) in [5, 5.41) is 0. The molecule has 2 heterocycles. The third kappa shape index (κ3) is 0.710. The zero-order chi connectivity index (χ0) is 6.27. The number of fused-ring (bicyclic) bond motifs is 1. The molecule has 0 amide bonds. The van der Waals surface area contributed by atoms with Gasteiger partial charge in [0, 0.05) is 6.04 Å². The van der Waals surface area contributed by atoms with Crippen LogP contribution >= 0.6 is 0 Å². The van der Waals surface area contributed by atoms with Crippen LogP contribution in [-0.4, -0.2) is 24.0 Å². The fourth-order valence-corrected chi connectivity index (χ4v) is 2.27. The van der Waals surface area contributed by atoms with Gasteiger partial charge in [-0.15, -0.1) is 0 Å². The summed E-state index contributed by atoms with van der Waals surface area (Å²) < 4.78 is 0. The standard InChI is InChI=1S/C8H15N/c1-2-7-3-5-9-6-4-8(7)9/h7-8H,2-6H2,1H3/t7?,8-/m0/s1. The van der Waals surface area contributed by atoms with E-state index in [1.165, 1.54) is 32.4 Å². The highest BCUT2D eigenvalue weighted by molar-refractivity contribution is 4.93. The first kappa shape index (κ1) is 5.72. The molecule has 1 nitrogen and oxygen atoms in total. The van der Waals surface area contributed by atoms with Gasteiger partial charge in [-0.05, 0) is 31.8 Å². The third-order valence-corrected chi connectivity index (χ3v) is 3.04. The molecular formula is C8H15N. The molecule has 0 spiro atoms. The van der Waals surface area contributed by atoms with E-state index >= 15 is 0 Å². The molecular weight excluding hydrogens is 110 g/mol. The number of nitrogens with zero attached hydrogens (tertiary/aromatic N) is 1. The van der Waals surface area contributed by atoms with E-state index in [2.05, 4.69) is 11.8 Å². The van der Waals surface area contributed by atoms with Crippen molar-refractivity contribution < 1.29 is 0 Å². The second-order valence-electron chi connectivity index (χ2n) is 3.35. The molecule has 0 radical (unpaired) electrons. The van der Waals surface area contributed by atoms with Crippen molar-refractivity contribution in [3.05, 3.63) is 0 Å². The SMILES string of the molecule is CCC1CCN2CC[C@@H]12. The highest BCUT2D eigenvalue weighted by Gasteiger charge is 2.38. The molecule has 0 N–H and O–H groups in total. The van der Waals surface area contributed by atoms with E-state index in [0.29, 0.717) is 0 Å². The zero-order valence-corrected chi connectivity index (χ0v) is 6.14. The molecule has 2 aliphatic rings. The van der Waals surface area contributed by atoms with Gasteiger partial charge in [0.15, 0.2) is 0 Å². The van der Waals surface area contributed by atoms with Crippen LogP contribution < -0.4 is 0 Å².